The summed E-state index contributed by atoms with van der Waals surface area (Å²) in [5.74, 6) is -0.216. The normalized spacial score (nSPS) is 20.7. The number of anilines is 2. The van der Waals surface area contributed by atoms with Gasteiger partial charge in [0, 0.05) is 38.3 Å². The van der Waals surface area contributed by atoms with Gasteiger partial charge in [-0.1, -0.05) is 0 Å². The molecule has 0 saturated carbocycles. The molecule has 31 heavy (non-hydrogen) atoms. The molecule has 168 valence electrons. The molecule has 2 saturated heterocycles. The van der Waals surface area contributed by atoms with Crippen LogP contribution in [0.2, 0.25) is 0 Å². The maximum atomic E-state index is 13.4. The highest BCUT2D eigenvalue weighted by Gasteiger charge is 2.40. The zero-order chi connectivity index (χ0) is 22.0. The summed E-state index contributed by atoms with van der Waals surface area (Å²) < 4.78 is 0. The largest absolute Gasteiger partial charge is 0.358 e. The molecule has 1 atom stereocenters. The van der Waals surface area contributed by atoms with Gasteiger partial charge in [-0.3, -0.25) is 19.3 Å². The van der Waals surface area contributed by atoms with Crippen LogP contribution in [0.5, 0.6) is 0 Å². The Labute approximate surface area is 184 Å². The van der Waals surface area contributed by atoms with Crippen LogP contribution in [0.25, 0.3) is 0 Å². The van der Waals surface area contributed by atoms with Crippen molar-refractivity contribution < 1.29 is 14.4 Å². The Morgan fingerprint density at radius 2 is 1.81 bits per heavy atom. The predicted molar refractivity (Wildman–Crippen MR) is 120 cm³/mol. The molecule has 1 aromatic carbocycles. The number of hydrogen-bond donors (Lipinski definition) is 1. The van der Waals surface area contributed by atoms with Crippen molar-refractivity contribution in [1.82, 2.24) is 15.1 Å². The summed E-state index contributed by atoms with van der Waals surface area (Å²) in [6.45, 7) is 3.63. The molecule has 0 aromatic heterocycles. The number of likely N-dealkylation sites (tertiary alicyclic amines) is 1. The molecule has 4 rings (SSSR count). The second kappa shape index (κ2) is 9.26. The fourth-order valence-electron chi connectivity index (χ4n) is 4.78. The van der Waals surface area contributed by atoms with E-state index in [0.29, 0.717) is 17.8 Å². The summed E-state index contributed by atoms with van der Waals surface area (Å²) in [6.07, 6.45) is 4.92. The van der Waals surface area contributed by atoms with Crippen LogP contribution in [0.1, 0.15) is 42.5 Å². The average Bonchev–Trinajstić information content (AvgIpc) is 3.30. The highest BCUT2D eigenvalue weighted by Crippen LogP contribution is 2.40. The lowest BCUT2D eigenvalue weighted by Gasteiger charge is -2.45. The molecule has 3 aliphatic rings. The Balaban J connectivity index is 1.61. The minimum Gasteiger partial charge on any atom is -0.358 e. The predicted octanol–water partition coefficient (Wildman–Crippen LogP) is 1.31. The van der Waals surface area contributed by atoms with E-state index in [9.17, 15) is 14.4 Å². The third kappa shape index (κ3) is 4.54. The van der Waals surface area contributed by atoms with Crippen molar-refractivity contribution in [1.29, 1.82) is 0 Å². The number of nitrogens with zero attached hydrogens (tertiary/aromatic N) is 4. The molecule has 3 aliphatic heterocycles. The summed E-state index contributed by atoms with van der Waals surface area (Å²) >= 11 is 0. The highest BCUT2D eigenvalue weighted by atomic mass is 16.2. The second-order valence-electron chi connectivity index (χ2n) is 8.99. The van der Waals surface area contributed by atoms with Crippen molar-refractivity contribution in [3.63, 3.8) is 0 Å². The lowest BCUT2D eigenvalue weighted by atomic mass is 9.95. The molecule has 8 heteroatoms. The van der Waals surface area contributed by atoms with Crippen LogP contribution in [-0.2, 0) is 9.59 Å². The molecule has 0 radical (unpaired) electrons. The van der Waals surface area contributed by atoms with Crippen molar-refractivity contribution in [3.05, 3.63) is 23.8 Å². The summed E-state index contributed by atoms with van der Waals surface area (Å²) in [7, 11) is 3.90. The Morgan fingerprint density at radius 1 is 1.06 bits per heavy atom. The quantitative estimate of drug-likeness (QED) is 0.741. The second-order valence-corrected chi connectivity index (χ2v) is 8.99. The van der Waals surface area contributed by atoms with Crippen LogP contribution in [-0.4, -0.2) is 86.9 Å². The van der Waals surface area contributed by atoms with Crippen molar-refractivity contribution in [3.8, 4) is 0 Å². The van der Waals surface area contributed by atoms with Gasteiger partial charge < -0.3 is 20.0 Å². The molecule has 1 N–H and O–H groups in total. The van der Waals surface area contributed by atoms with Gasteiger partial charge in [-0.25, -0.2) is 0 Å². The first kappa shape index (κ1) is 21.6. The highest BCUT2D eigenvalue weighted by molar-refractivity contribution is 6.09. The molecule has 8 nitrogen and oxygen atoms in total. The van der Waals surface area contributed by atoms with Crippen molar-refractivity contribution in [2.75, 3.05) is 63.2 Å². The van der Waals surface area contributed by atoms with Gasteiger partial charge in [-0.2, -0.15) is 0 Å². The topological polar surface area (TPSA) is 76.2 Å². The summed E-state index contributed by atoms with van der Waals surface area (Å²) in [6, 6.07) is 5.42. The first-order valence-electron chi connectivity index (χ1n) is 11.4. The van der Waals surface area contributed by atoms with E-state index in [1.54, 1.807) is 4.90 Å². The van der Waals surface area contributed by atoms with E-state index in [4.69, 9.17) is 0 Å². The zero-order valence-corrected chi connectivity index (χ0v) is 18.6. The van der Waals surface area contributed by atoms with Gasteiger partial charge in [-0.05, 0) is 64.4 Å². The van der Waals surface area contributed by atoms with Crippen LogP contribution in [0.3, 0.4) is 0 Å². The van der Waals surface area contributed by atoms with Gasteiger partial charge in [0.1, 0.15) is 12.6 Å². The standard InChI is InChI=1S/C23H33N5O3/c1-25(2)14-10-24-21(29)16-28-20-15-17(22(30)26-11-5-6-12-26)8-9-18(20)27-13-4-3-7-19(27)23(28)31/h8-9,15,19H,3-7,10-14,16H2,1-2H3,(H,24,29)/t19-/m0/s1. The van der Waals surface area contributed by atoms with Crippen LogP contribution < -0.4 is 15.1 Å². The van der Waals surface area contributed by atoms with Crippen molar-refractivity contribution in [2.45, 2.75) is 38.1 Å². The number of amides is 3. The van der Waals surface area contributed by atoms with Gasteiger partial charge in [0.25, 0.3) is 5.91 Å². The van der Waals surface area contributed by atoms with Crippen molar-refractivity contribution >= 4 is 29.1 Å². The molecular formula is C23H33N5O3. The van der Waals surface area contributed by atoms with Crippen LogP contribution in [0, 0.1) is 0 Å². The number of rotatable bonds is 6. The molecular weight excluding hydrogens is 394 g/mol. The number of nitrogens with one attached hydrogen (secondary N) is 1. The number of piperidine rings is 1. The van der Waals surface area contributed by atoms with Crippen LogP contribution >= 0.6 is 0 Å². The van der Waals surface area contributed by atoms with E-state index in [1.807, 2.05) is 42.1 Å². The number of fused-ring (bicyclic) bond motifs is 3. The molecule has 2 fully saturated rings. The van der Waals surface area contributed by atoms with E-state index < -0.39 is 0 Å². The Bertz CT molecular complexity index is 850. The van der Waals surface area contributed by atoms with Gasteiger partial charge in [-0.15, -0.1) is 0 Å². The summed E-state index contributed by atoms with van der Waals surface area (Å²) in [4.78, 5) is 46.6. The average molecular weight is 428 g/mol. The Morgan fingerprint density at radius 3 is 2.55 bits per heavy atom. The van der Waals surface area contributed by atoms with Gasteiger partial charge in [0.2, 0.25) is 11.8 Å². The van der Waals surface area contributed by atoms with Crippen LogP contribution in [0.15, 0.2) is 18.2 Å². The number of carbonyl (C=O) groups excluding carboxylic acids is 3. The first-order valence-corrected chi connectivity index (χ1v) is 11.4. The molecule has 1 aromatic rings. The lowest BCUT2D eigenvalue weighted by molar-refractivity contribution is -0.125. The monoisotopic (exact) mass is 427 g/mol. The Kier molecular flexibility index (Phi) is 6.46. The first-order chi connectivity index (χ1) is 15.0. The van der Waals surface area contributed by atoms with E-state index in [-0.39, 0.29) is 30.3 Å². The van der Waals surface area contributed by atoms with Gasteiger partial charge in [0.15, 0.2) is 0 Å². The number of benzene rings is 1. The van der Waals surface area contributed by atoms with E-state index in [1.165, 1.54) is 0 Å². The van der Waals surface area contributed by atoms with Gasteiger partial charge >= 0.3 is 0 Å². The number of likely N-dealkylation sites (N-methyl/N-ethyl adjacent to an activating group) is 1. The molecule has 3 amide bonds. The maximum Gasteiger partial charge on any atom is 0.253 e. The minimum atomic E-state index is -0.226. The number of carbonyl (C=O) groups is 3. The number of hydrogen-bond acceptors (Lipinski definition) is 5. The zero-order valence-electron chi connectivity index (χ0n) is 18.6. The molecule has 0 unspecified atom stereocenters. The lowest BCUT2D eigenvalue weighted by Crippen LogP contribution is -2.57. The van der Waals surface area contributed by atoms with E-state index in [0.717, 1.165) is 64.0 Å². The summed E-state index contributed by atoms with van der Waals surface area (Å²) in [5, 5.41) is 2.90. The van der Waals surface area contributed by atoms with Crippen LogP contribution in [0.4, 0.5) is 11.4 Å². The van der Waals surface area contributed by atoms with E-state index >= 15 is 0 Å². The molecule has 0 spiro atoms. The SMILES string of the molecule is CN(C)CCNC(=O)CN1C(=O)[C@@H]2CCCCN2c2ccc(C(=O)N3CCCC3)cc21. The third-order valence-electron chi connectivity index (χ3n) is 6.45. The summed E-state index contributed by atoms with van der Waals surface area (Å²) in [5.41, 5.74) is 2.21. The third-order valence-corrected chi connectivity index (χ3v) is 6.45. The molecule has 3 heterocycles. The fraction of sp³-hybridized carbons (Fsp3) is 0.609. The van der Waals surface area contributed by atoms with Crippen molar-refractivity contribution in [2.24, 2.45) is 0 Å². The fourth-order valence-corrected chi connectivity index (χ4v) is 4.78. The van der Waals surface area contributed by atoms with E-state index in [2.05, 4.69) is 10.2 Å². The smallest absolute Gasteiger partial charge is 0.253 e. The Hall–Kier alpha value is -2.61. The van der Waals surface area contributed by atoms with Gasteiger partial charge in [0.05, 0.1) is 11.4 Å². The molecule has 0 bridgehead atoms. The minimum absolute atomic E-state index is 0.00361. The molecule has 0 aliphatic carbocycles. The maximum absolute atomic E-state index is 13.4.